The first-order valence-corrected chi connectivity index (χ1v) is 8.60. The number of amides is 1. The lowest BCUT2D eigenvalue weighted by atomic mass is 9.80. The fourth-order valence-corrected chi connectivity index (χ4v) is 2.92. The third-order valence-corrected chi connectivity index (χ3v) is 4.28. The molecule has 2 heterocycles. The van der Waals surface area contributed by atoms with Crippen molar-refractivity contribution in [3.63, 3.8) is 0 Å². The Morgan fingerprint density at radius 2 is 2.32 bits per heavy atom. The largest absolute Gasteiger partial charge is 0.446 e. The Bertz CT molecular complexity index is 665. The van der Waals surface area contributed by atoms with Crippen LogP contribution in [0.2, 0.25) is 0 Å². The van der Waals surface area contributed by atoms with E-state index in [2.05, 4.69) is 41.7 Å². The smallest absolute Gasteiger partial charge is 0.407 e. The van der Waals surface area contributed by atoms with Crippen LogP contribution in [-0.2, 0) is 11.3 Å². The molecule has 0 saturated heterocycles. The quantitative estimate of drug-likeness (QED) is 0.710. The molecule has 1 saturated carbocycles. The van der Waals surface area contributed by atoms with Crippen LogP contribution >= 0.6 is 0 Å². The lowest BCUT2D eigenvalue weighted by molar-refractivity contribution is 0.0244. The van der Waals surface area contributed by atoms with Gasteiger partial charge in [-0.1, -0.05) is 26.0 Å². The highest BCUT2D eigenvalue weighted by atomic mass is 16.6. The maximum atomic E-state index is 11.8. The number of nitrogens with zero attached hydrogens (tertiary/aromatic N) is 2. The van der Waals surface area contributed by atoms with E-state index in [9.17, 15) is 4.79 Å². The van der Waals surface area contributed by atoms with Crippen LogP contribution in [0.25, 0.3) is 0 Å². The van der Waals surface area contributed by atoms with Crippen molar-refractivity contribution in [2.45, 2.75) is 39.3 Å². The highest BCUT2D eigenvalue weighted by molar-refractivity contribution is 5.67. The number of nitrogens with one attached hydrogen (secondary N) is 2. The number of aromatic nitrogens is 1. The second kappa shape index (κ2) is 7.57. The van der Waals surface area contributed by atoms with Crippen LogP contribution in [0.15, 0.2) is 47.9 Å². The fraction of sp³-hybridized carbons (Fsp3) is 0.444. The highest BCUT2D eigenvalue weighted by Gasteiger charge is 2.37. The number of ether oxygens (including phenoxy) is 1. The minimum atomic E-state index is -0.400. The lowest BCUT2D eigenvalue weighted by Gasteiger charge is -2.35. The molecule has 1 fully saturated rings. The normalized spacial score (nSPS) is 23.9. The van der Waals surface area contributed by atoms with Gasteiger partial charge in [0.1, 0.15) is 6.10 Å². The second-order valence-electron chi connectivity index (χ2n) is 6.79. The lowest BCUT2D eigenvalue weighted by Crippen LogP contribution is -2.43. The van der Waals surface area contributed by atoms with Crippen molar-refractivity contribution < 1.29 is 9.53 Å². The molecule has 1 aromatic heterocycles. The summed E-state index contributed by atoms with van der Waals surface area (Å²) in [6.45, 7) is 4.60. The van der Waals surface area contributed by atoms with Crippen LogP contribution in [0.4, 0.5) is 4.79 Å². The number of nitrogens with two attached hydrogens (primary N) is 1. The molecule has 0 unspecified atom stereocenters. The molecule has 7 heteroatoms. The van der Waals surface area contributed by atoms with E-state index in [1.54, 1.807) is 11.3 Å². The summed E-state index contributed by atoms with van der Waals surface area (Å²) in [6.07, 6.45) is 7.03. The molecule has 134 valence electrons. The first kappa shape index (κ1) is 17.3. The minimum Gasteiger partial charge on any atom is -0.446 e. The van der Waals surface area contributed by atoms with E-state index in [1.165, 1.54) is 0 Å². The number of alkyl carbamates (subject to hydrolysis) is 1. The fourth-order valence-electron chi connectivity index (χ4n) is 2.92. The molecular formula is C18H25N5O2. The monoisotopic (exact) mass is 343 g/mol. The predicted molar refractivity (Wildman–Crippen MR) is 94.2 cm³/mol. The van der Waals surface area contributed by atoms with Crippen molar-refractivity contribution in [3.05, 3.63) is 53.6 Å². The second-order valence-corrected chi connectivity index (χ2v) is 6.79. The van der Waals surface area contributed by atoms with Crippen molar-refractivity contribution in [2.75, 3.05) is 0 Å². The van der Waals surface area contributed by atoms with Crippen molar-refractivity contribution in [2.24, 2.45) is 17.7 Å². The zero-order valence-electron chi connectivity index (χ0n) is 14.6. The van der Waals surface area contributed by atoms with Gasteiger partial charge >= 0.3 is 6.09 Å². The Morgan fingerprint density at radius 3 is 3.00 bits per heavy atom. The van der Waals surface area contributed by atoms with Gasteiger partial charge in [0.05, 0.1) is 17.9 Å². The molecule has 0 spiro atoms. The van der Waals surface area contributed by atoms with Crippen LogP contribution in [0.3, 0.4) is 0 Å². The van der Waals surface area contributed by atoms with Crippen LogP contribution in [0, 0.1) is 11.8 Å². The maximum Gasteiger partial charge on any atom is 0.407 e. The van der Waals surface area contributed by atoms with Crippen molar-refractivity contribution >= 4 is 6.09 Å². The molecule has 25 heavy (non-hydrogen) atoms. The van der Waals surface area contributed by atoms with Gasteiger partial charge in [-0.25, -0.2) is 15.8 Å². The van der Waals surface area contributed by atoms with E-state index in [4.69, 9.17) is 10.6 Å². The van der Waals surface area contributed by atoms with Crippen LogP contribution in [0.5, 0.6) is 0 Å². The van der Waals surface area contributed by atoms with Crippen molar-refractivity contribution in [3.8, 4) is 0 Å². The molecule has 0 atom stereocenters. The van der Waals surface area contributed by atoms with Crippen LogP contribution in [0.1, 0.15) is 32.4 Å². The number of hydrogen-bond donors (Lipinski definition) is 3. The summed E-state index contributed by atoms with van der Waals surface area (Å²) in [4.78, 5) is 16.0. The predicted octanol–water partition coefficient (Wildman–Crippen LogP) is 2.20. The summed E-state index contributed by atoms with van der Waals surface area (Å²) in [7, 11) is 0. The number of rotatable bonds is 5. The molecule has 0 aromatic carbocycles. The van der Waals surface area contributed by atoms with Gasteiger partial charge < -0.3 is 10.1 Å². The van der Waals surface area contributed by atoms with Gasteiger partial charge in [-0.15, -0.1) is 0 Å². The first-order chi connectivity index (χ1) is 12.0. The maximum absolute atomic E-state index is 11.8. The van der Waals surface area contributed by atoms with Gasteiger partial charge in [0.15, 0.2) is 0 Å². The van der Waals surface area contributed by atoms with Crippen molar-refractivity contribution in [1.29, 1.82) is 0 Å². The van der Waals surface area contributed by atoms with Crippen molar-refractivity contribution in [1.82, 2.24) is 20.8 Å². The molecule has 3 rings (SSSR count). The number of allylic oxidation sites excluding steroid dienone is 3. The van der Waals surface area contributed by atoms with Crippen LogP contribution in [-0.4, -0.2) is 22.3 Å². The zero-order valence-corrected chi connectivity index (χ0v) is 14.6. The number of hydrazine groups is 2. The SMILES string of the molecule is CC(C)C=C1C=C(C2CC(OC(=O)NCc3ccccn3)C2)NN1N. The number of hydrogen-bond acceptors (Lipinski definition) is 6. The topological polar surface area (TPSA) is 92.5 Å². The molecule has 0 bridgehead atoms. The average molecular weight is 343 g/mol. The standard InChI is InChI=1S/C18H25N5O2/c1-12(2)7-15-10-17(22-23(15)19)13-8-16(9-13)25-18(24)21-11-14-5-3-4-6-20-14/h3-7,10,12-13,16,22H,8-9,11,19H2,1-2H3,(H,21,24). The highest BCUT2D eigenvalue weighted by Crippen LogP contribution is 2.37. The molecule has 2 aliphatic rings. The Labute approximate surface area is 147 Å². The van der Waals surface area contributed by atoms with E-state index in [0.717, 1.165) is 29.9 Å². The van der Waals surface area contributed by atoms with E-state index < -0.39 is 6.09 Å². The van der Waals surface area contributed by atoms with Gasteiger partial charge in [-0.05, 0) is 37.0 Å². The molecular weight excluding hydrogens is 318 g/mol. The summed E-state index contributed by atoms with van der Waals surface area (Å²) in [5.41, 5.74) is 6.04. The molecule has 4 N–H and O–H groups in total. The summed E-state index contributed by atoms with van der Waals surface area (Å²) in [5, 5.41) is 4.27. The zero-order chi connectivity index (χ0) is 17.8. The van der Waals surface area contributed by atoms with Gasteiger partial charge in [-0.2, -0.15) is 0 Å². The molecule has 7 nitrogen and oxygen atoms in total. The number of carbonyl (C=O) groups is 1. The average Bonchev–Trinajstić information content (AvgIpc) is 2.89. The third kappa shape index (κ3) is 4.51. The van der Waals surface area contributed by atoms with Gasteiger partial charge in [0.2, 0.25) is 0 Å². The van der Waals surface area contributed by atoms with Gasteiger partial charge in [0, 0.05) is 17.8 Å². The molecule has 1 aromatic rings. The van der Waals surface area contributed by atoms with Gasteiger partial charge in [-0.3, -0.25) is 10.4 Å². The summed E-state index contributed by atoms with van der Waals surface area (Å²) < 4.78 is 5.42. The van der Waals surface area contributed by atoms with E-state index in [0.29, 0.717) is 18.4 Å². The van der Waals surface area contributed by atoms with Crippen LogP contribution < -0.4 is 16.6 Å². The Balaban J connectivity index is 1.41. The number of carbonyl (C=O) groups excluding carboxylic acids is 1. The Morgan fingerprint density at radius 1 is 1.52 bits per heavy atom. The van der Waals surface area contributed by atoms with E-state index in [-0.39, 0.29) is 6.10 Å². The Kier molecular flexibility index (Phi) is 5.23. The summed E-state index contributed by atoms with van der Waals surface area (Å²) >= 11 is 0. The molecule has 1 amide bonds. The minimum absolute atomic E-state index is 0.0548. The first-order valence-electron chi connectivity index (χ1n) is 8.60. The molecule has 1 aliphatic heterocycles. The Hall–Kier alpha value is -2.54. The van der Waals surface area contributed by atoms with E-state index >= 15 is 0 Å². The number of pyridine rings is 1. The third-order valence-electron chi connectivity index (χ3n) is 4.28. The molecule has 0 radical (unpaired) electrons. The van der Waals surface area contributed by atoms with E-state index in [1.807, 2.05) is 18.2 Å². The molecule has 1 aliphatic carbocycles. The summed E-state index contributed by atoms with van der Waals surface area (Å²) in [6, 6.07) is 5.59. The summed E-state index contributed by atoms with van der Waals surface area (Å²) in [5.74, 6) is 6.72. The van der Waals surface area contributed by atoms with Gasteiger partial charge in [0.25, 0.3) is 0 Å².